The van der Waals surface area contributed by atoms with E-state index in [9.17, 15) is 9.59 Å². The van der Waals surface area contributed by atoms with Crippen LogP contribution in [0.5, 0.6) is 5.75 Å². The van der Waals surface area contributed by atoms with Gasteiger partial charge in [-0.2, -0.15) is 0 Å². The van der Waals surface area contributed by atoms with Crippen molar-refractivity contribution in [1.29, 1.82) is 0 Å². The maximum atomic E-state index is 13.6. The van der Waals surface area contributed by atoms with Crippen LogP contribution in [0, 0.1) is 6.92 Å². The second-order valence-corrected chi connectivity index (χ2v) is 10.5. The van der Waals surface area contributed by atoms with Crippen LogP contribution >= 0.6 is 0 Å². The number of rotatable bonds is 10. The van der Waals surface area contributed by atoms with E-state index in [4.69, 9.17) is 14.2 Å². The van der Waals surface area contributed by atoms with Crippen LogP contribution in [-0.4, -0.2) is 55.3 Å². The van der Waals surface area contributed by atoms with Crippen molar-refractivity contribution in [2.75, 3.05) is 26.8 Å². The number of likely N-dealkylation sites (tertiary alicyclic amines) is 1. The lowest BCUT2D eigenvalue weighted by atomic mass is 9.82. The fourth-order valence-electron chi connectivity index (χ4n) is 4.39. The third-order valence-electron chi connectivity index (χ3n) is 6.30. The van der Waals surface area contributed by atoms with Gasteiger partial charge in [0.2, 0.25) is 0 Å². The fraction of sp³-hybridized carbons (Fsp3) is 0.517. The van der Waals surface area contributed by atoms with Crippen LogP contribution in [0.4, 0.5) is 4.79 Å². The Hall–Kier alpha value is -3.06. The van der Waals surface area contributed by atoms with Crippen LogP contribution < -0.4 is 10.1 Å². The summed E-state index contributed by atoms with van der Waals surface area (Å²) in [7, 11) is 1.61. The van der Waals surface area contributed by atoms with Gasteiger partial charge in [-0.1, -0.05) is 49.7 Å². The number of aryl methyl sites for hydroxylation is 1. The molecule has 0 bridgehead atoms. The molecule has 2 aromatic rings. The Morgan fingerprint density at radius 1 is 1.08 bits per heavy atom. The standard InChI is InChI=1S/C29H40N2O5/c1-7-8-17-35-29(24-12-10-9-11-21(24)2)19-31(20-29)26(32)25(36-27(33)30-28(3,4)5)18-22-13-15-23(34-6)16-14-22/h9-16,25H,7-8,17-20H2,1-6H3,(H,30,33)/t25-/m1/s1. The van der Waals surface area contributed by atoms with E-state index in [1.807, 2.05) is 57.2 Å². The Labute approximate surface area is 215 Å². The molecule has 1 aliphatic heterocycles. The number of hydrogen-bond donors (Lipinski definition) is 1. The van der Waals surface area contributed by atoms with Crippen LogP contribution in [0.15, 0.2) is 48.5 Å². The molecule has 196 valence electrons. The van der Waals surface area contributed by atoms with Crippen molar-refractivity contribution < 1.29 is 23.8 Å². The van der Waals surface area contributed by atoms with Crippen molar-refractivity contribution in [2.24, 2.45) is 0 Å². The summed E-state index contributed by atoms with van der Waals surface area (Å²) < 4.78 is 17.3. The summed E-state index contributed by atoms with van der Waals surface area (Å²) in [6, 6.07) is 15.6. The van der Waals surface area contributed by atoms with Crippen molar-refractivity contribution in [3.8, 4) is 5.75 Å². The van der Waals surface area contributed by atoms with Crippen LogP contribution in [0.1, 0.15) is 57.2 Å². The summed E-state index contributed by atoms with van der Waals surface area (Å²) in [5, 5.41) is 2.79. The first kappa shape index (κ1) is 27.5. The highest BCUT2D eigenvalue weighted by Gasteiger charge is 2.50. The zero-order valence-corrected chi connectivity index (χ0v) is 22.4. The van der Waals surface area contributed by atoms with Crippen LogP contribution in [-0.2, 0) is 26.3 Å². The van der Waals surface area contributed by atoms with Gasteiger partial charge in [-0.15, -0.1) is 0 Å². The van der Waals surface area contributed by atoms with Crippen LogP contribution in [0.25, 0.3) is 0 Å². The fourth-order valence-corrected chi connectivity index (χ4v) is 4.39. The Morgan fingerprint density at radius 3 is 2.33 bits per heavy atom. The monoisotopic (exact) mass is 496 g/mol. The third kappa shape index (κ3) is 7.00. The number of nitrogens with one attached hydrogen (secondary N) is 1. The number of alkyl carbamates (subject to hydrolysis) is 1. The summed E-state index contributed by atoms with van der Waals surface area (Å²) in [4.78, 5) is 28.0. The van der Waals surface area contributed by atoms with Gasteiger partial charge in [-0.25, -0.2) is 4.79 Å². The number of amides is 2. The highest BCUT2D eigenvalue weighted by Crippen LogP contribution is 2.38. The molecule has 7 heteroatoms. The molecule has 1 aliphatic rings. The molecule has 1 saturated heterocycles. The molecule has 0 unspecified atom stereocenters. The lowest BCUT2D eigenvalue weighted by Crippen LogP contribution is -2.65. The number of nitrogens with zero attached hydrogens (tertiary/aromatic N) is 1. The third-order valence-corrected chi connectivity index (χ3v) is 6.30. The summed E-state index contributed by atoms with van der Waals surface area (Å²) in [6.07, 6.45) is 0.695. The lowest BCUT2D eigenvalue weighted by molar-refractivity contribution is -0.180. The van der Waals surface area contributed by atoms with Crippen molar-refractivity contribution in [3.63, 3.8) is 0 Å². The second-order valence-electron chi connectivity index (χ2n) is 10.5. The molecule has 1 fully saturated rings. The van der Waals surface area contributed by atoms with Crippen molar-refractivity contribution in [3.05, 3.63) is 65.2 Å². The molecule has 0 spiro atoms. The number of methoxy groups -OCH3 is 1. The largest absolute Gasteiger partial charge is 0.497 e. The second kappa shape index (κ2) is 11.8. The van der Waals surface area contributed by atoms with Gasteiger partial charge in [0.15, 0.2) is 6.10 Å². The van der Waals surface area contributed by atoms with Gasteiger partial charge in [0, 0.05) is 18.6 Å². The molecule has 3 rings (SSSR count). The summed E-state index contributed by atoms with van der Waals surface area (Å²) >= 11 is 0. The molecule has 36 heavy (non-hydrogen) atoms. The minimum atomic E-state index is -0.953. The highest BCUT2D eigenvalue weighted by molar-refractivity contribution is 5.85. The Morgan fingerprint density at radius 2 is 1.75 bits per heavy atom. The minimum absolute atomic E-state index is 0.224. The van der Waals surface area contributed by atoms with Gasteiger partial charge in [0.05, 0.1) is 20.2 Å². The van der Waals surface area contributed by atoms with Crippen molar-refractivity contribution >= 4 is 12.0 Å². The van der Waals surface area contributed by atoms with Gasteiger partial charge >= 0.3 is 6.09 Å². The van der Waals surface area contributed by atoms with E-state index in [2.05, 4.69) is 31.3 Å². The molecule has 2 amide bonds. The smallest absolute Gasteiger partial charge is 0.408 e. The zero-order chi connectivity index (χ0) is 26.3. The van der Waals surface area contributed by atoms with E-state index in [1.54, 1.807) is 12.0 Å². The van der Waals surface area contributed by atoms with Crippen LogP contribution in [0.2, 0.25) is 0 Å². The summed E-state index contributed by atoms with van der Waals surface area (Å²) in [5.74, 6) is 0.501. The number of carbonyl (C=O) groups excluding carboxylic acids is 2. The quantitative estimate of drug-likeness (QED) is 0.469. The lowest BCUT2D eigenvalue weighted by Gasteiger charge is -2.51. The summed E-state index contributed by atoms with van der Waals surface area (Å²) in [5.41, 5.74) is 2.09. The molecule has 1 atom stereocenters. The molecular weight excluding hydrogens is 456 g/mol. The van der Waals surface area contributed by atoms with E-state index in [0.29, 0.717) is 19.7 Å². The number of carbonyl (C=O) groups is 2. The first-order valence-electron chi connectivity index (χ1n) is 12.7. The zero-order valence-electron chi connectivity index (χ0n) is 22.4. The van der Waals surface area contributed by atoms with Crippen molar-refractivity contribution in [1.82, 2.24) is 10.2 Å². The average Bonchev–Trinajstić information content (AvgIpc) is 2.80. The van der Waals surface area contributed by atoms with E-state index in [-0.39, 0.29) is 12.3 Å². The normalized spacial score (nSPS) is 15.6. The number of unbranched alkanes of at least 4 members (excludes halogenated alkanes) is 1. The Bertz CT molecular complexity index is 1020. The van der Waals surface area contributed by atoms with E-state index >= 15 is 0 Å². The Kier molecular flexibility index (Phi) is 9.01. The van der Waals surface area contributed by atoms with Gasteiger partial charge in [0.25, 0.3) is 5.91 Å². The van der Waals surface area contributed by atoms with E-state index in [0.717, 1.165) is 35.3 Å². The molecule has 2 aromatic carbocycles. The maximum absolute atomic E-state index is 13.6. The van der Waals surface area contributed by atoms with Gasteiger partial charge < -0.3 is 24.4 Å². The molecule has 1 N–H and O–H groups in total. The number of benzene rings is 2. The molecule has 0 aliphatic carbocycles. The minimum Gasteiger partial charge on any atom is -0.497 e. The molecule has 0 saturated carbocycles. The first-order chi connectivity index (χ1) is 17.1. The molecule has 1 heterocycles. The Balaban J connectivity index is 1.79. The van der Waals surface area contributed by atoms with Crippen LogP contribution in [0.3, 0.4) is 0 Å². The molecular formula is C29H40N2O5. The predicted molar refractivity (Wildman–Crippen MR) is 140 cm³/mol. The molecule has 0 radical (unpaired) electrons. The van der Waals surface area contributed by atoms with Gasteiger partial charge in [-0.3, -0.25) is 4.79 Å². The predicted octanol–water partition coefficient (Wildman–Crippen LogP) is 4.99. The maximum Gasteiger partial charge on any atom is 0.408 e. The SMILES string of the molecule is CCCCOC1(c2ccccc2C)CN(C(=O)[C@@H](Cc2ccc(OC)cc2)OC(=O)NC(C)(C)C)C1. The number of hydrogen-bond acceptors (Lipinski definition) is 5. The topological polar surface area (TPSA) is 77.1 Å². The number of ether oxygens (including phenoxy) is 3. The van der Waals surface area contributed by atoms with Gasteiger partial charge in [-0.05, 0) is 62.9 Å². The van der Waals surface area contributed by atoms with Gasteiger partial charge in [0.1, 0.15) is 11.4 Å². The first-order valence-corrected chi connectivity index (χ1v) is 12.7. The molecule has 7 nitrogen and oxygen atoms in total. The summed E-state index contributed by atoms with van der Waals surface area (Å²) in [6.45, 7) is 11.3. The highest BCUT2D eigenvalue weighted by atomic mass is 16.6. The average molecular weight is 497 g/mol. The molecule has 0 aromatic heterocycles. The van der Waals surface area contributed by atoms with E-state index in [1.165, 1.54) is 0 Å². The van der Waals surface area contributed by atoms with Crippen molar-refractivity contribution in [2.45, 2.75) is 71.1 Å². The van der Waals surface area contributed by atoms with E-state index < -0.39 is 23.3 Å².